The molecule has 0 bridgehead atoms. The summed E-state index contributed by atoms with van der Waals surface area (Å²) < 4.78 is 5.50. The second-order valence-electron chi connectivity index (χ2n) is 6.16. The van der Waals surface area contributed by atoms with Crippen molar-refractivity contribution >= 4 is 0 Å². The molecule has 3 rings (SSSR count). The Hall–Kier alpha value is -1.76. The van der Waals surface area contributed by atoms with E-state index in [1.165, 1.54) is 5.56 Å². The van der Waals surface area contributed by atoms with Crippen molar-refractivity contribution in [3.05, 3.63) is 35.7 Å². The zero-order valence-corrected chi connectivity index (χ0v) is 13.9. The molecule has 0 amide bonds. The summed E-state index contributed by atoms with van der Waals surface area (Å²) in [7, 11) is 0. The molecular formula is C17H25N5O. The van der Waals surface area contributed by atoms with Gasteiger partial charge in [0.05, 0.1) is 6.04 Å². The third-order valence-corrected chi connectivity index (χ3v) is 4.51. The third kappa shape index (κ3) is 3.77. The molecule has 124 valence electrons. The molecule has 1 saturated heterocycles. The van der Waals surface area contributed by atoms with E-state index in [2.05, 4.69) is 45.9 Å². The lowest BCUT2D eigenvalue weighted by Crippen LogP contribution is -2.48. The van der Waals surface area contributed by atoms with E-state index in [1.807, 2.05) is 12.1 Å². The molecule has 1 aliphatic rings. The number of hydrogen-bond acceptors (Lipinski definition) is 6. The molecule has 0 spiro atoms. The molecule has 2 aromatic rings. The Labute approximate surface area is 137 Å². The van der Waals surface area contributed by atoms with Gasteiger partial charge in [-0.25, -0.2) is 0 Å². The molecule has 1 aliphatic heterocycles. The van der Waals surface area contributed by atoms with Gasteiger partial charge in [0.1, 0.15) is 0 Å². The maximum atomic E-state index is 5.62. The van der Waals surface area contributed by atoms with Crippen molar-refractivity contribution in [3.8, 4) is 11.4 Å². The highest BCUT2D eigenvalue weighted by Gasteiger charge is 2.25. The fourth-order valence-corrected chi connectivity index (χ4v) is 2.94. The smallest absolute Gasteiger partial charge is 0.244 e. The van der Waals surface area contributed by atoms with Gasteiger partial charge in [-0.15, -0.1) is 0 Å². The summed E-state index contributed by atoms with van der Waals surface area (Å²) in [5.41, 5.74) is 7.84. The average Bonchev–Trinajstić information content (AvgIpc) is 3.06. The van der Waals surface area contributed by atoms with Crippen molar-refractivity contribution in [1.29, 1.82) is 0 Å². The average molecular weight is 315 g/mol. The molecule has 2 N–H and O–H groups in total. The monoisotopic (exact) mass is 315 g/mol. The van der Waals surface area contributed by atoms with Crippen LogP contribution >= 0.6 is 0 Å². The van der Waals surface area contributed by atoms with Gasteiger partial charge < -0.3 is 10.3 Å². The van der Waals surface area contributed by atoms with Crippen LogP contribution < -0.4 is 5.73 Å². The number of aromatic nitrogens is 2. The van der Waals surface area contributed by atoms with Crippen molar-refractivity contribution in [3.63, 3.8) is 0 Å². The lowest BCUT2D eigenvalue weighted by molar-refractivity contribution is 0.0901. The topological polar surface area (TPSA) is 71.4 Å². The molecular weight excluding hydrogens is 290 g/mol. The van der Waals surface area contributed by atoms with Gasteiger partial charge in [0.25, 0.3) is 0 Å². The van der Waals surface area contributed by atoms with Gasteiger partial charge in [-0.3, -0.25) is 9.80 Å². The maximum Gasteiger partial charge on any atom is 0.244 e. The Balaban J connectivity index is 1.65. The molecule has 2 heterocycles. The molecule has 1 aromatic carbocycles. The molecule has 1 aromatic heterocycles. The van der Waals surface area contributed by atoms with Crippen LogP contribution in [0.25, 0.3) is 11.4 Å². The van der Waals surface area contributed by atoms with Crippen molar-refractivity contribution < 1.29 is 4.52 Å². The first-order valence-corrected chi connectivity index (χ1v) is 8.24. The summed E-state index contributed by atoms with van der Waals surface area (Å²) in [5.74, 6) is 1.35. The van der Waals surface area contributed by atoms with E-state index in [9.17, 15) is 0 Å². The van der Waals surface area contributed by atoms with Gasteiger partial charge in [-0.2, -0.15) is 4.98 Å². The Bertz CT molecular complexity index is 616. The zero-order chi connectivity index (χ0) is 16.2. The Morgan fingerprint density at radius 1 is 1.17 bits per heavy atom. The summed E-state index contributed by atoms with van der Waals surface area (Å²) >= 11 is 0. The highest BCUT2D eigenvalue weighted by molar-refractivity contribution is 5.54. The molecule has 1 fully saturated rings. The van der Waals surface area contributed by atoms with E-state index in [-0.39, 0.29) is 6.04 Å². The summed E-state index contributed by atoms with van der Waals surface area (Å²) in [6.45, 7) is 9.98. The Morgan fingerprint density at radius 3 is 2.52 bits per heavy atom. The summed E-state index contributed by atoms with van der Waals surface area (Å²) in [6, 6.07) is 8.32. The third-order valence-electron chi connectivity index (χ3n) is 4.51. The first kappa shape index (κ1) is 16.1. The molecule has 23 heavy (non-hydrogen) atoms. The van der Waals surface area contributed by atoms with Crippen molar-refractivity contribution in [1.82, 2.24) is 19.9 Å². The van der Waals surface area contributed by atoms with E-state index in [0.29, 0.717) is 11.7 Å². The van der Waals surface area contributed by atoms with Gasteiger partial charge >= 0.3 is 0 Å². The van der Waals surface area contributed by atoms with Gasteiger partial charge in [-0.1, -0.05) is 35.0 Å². The zero-order valence-electron chi connectivity index (χ0n) is 13.9. The molecule has 1 unspecified atom stereocenters. The number of piperazine rings is 1. The predicted molar refractivity (Wildman–Crippen MR) is 90.0 cm³/mol. The molecule has 0 radical (unpaired) electrons. The van der Waals surface area contributed by atoms with Crippen LogP contribution in [-0.4, -0.2) is 59.2 Å². The van der Waals surface area contributed by atoms with Crippen molar-refractivity contribution in [2.24, 2.45) is 5.73 Å². The number of nitrogens with zero attached hydrogens (tertiary/aromatic N) is 4. The van der Waals surface area contributed by atoms with E-state index >= 15 is 0 Å². The van der Waals surface area contributed by atoms with Gasteiger partial charge in [-0.05, 0) is 13.8 Å². The van der Waals surface area contributed by atoms with Gasteiger partial charge in [0.15, 0.2) is 0 Å². The fourth-order valence-electron chi connectivity index (χ4n) is 2.94. The van der Waals surface area contributed by atoms with Crippen molar-refractivity contribution in [2.75, 3.05) is 39.3 Å². The van der Waals surface area contributed by atoms with Crippen LogP contribution in [0.15, 0.2) is 28.8 Å². The number of hydrogen-bond donors (Lipinski definition) is 1. The number of aryl methyl sites for hydroxylation is 1. The summed E-state index contributed by atoms with van der Waals surface area (Å²) in [4.78, 5) is 9.37. The molecule has 0 aliphatic carbocycles. The normalized spacial score (nSPS) is 18.2. The largest absolute Gasteiger partial charge is 0.337 e. The first-order valence-electron chi connectivity index (χ1n) is 8.24. The molecule has 0 saturated carbocycles. The van der Waals surface area contributed by atoms with Crippen LogP contribution in [0.2, 0.25) is 0 Å². The van der Waals surface area contributed by atoms with E-state index in [1.54, 1.807) is 0 Å². The minimum Gasteiger partial charge on any atom is -0.337 e. The lowest BCUT2D eigenvalue weighted by Gasteiger charge is -2.36. The van der Waals surface area contributed by atoms with Gasteiger partial charge in [0.2, 0.25) is 11.7 Å². The Kier molecular flexibility index (Phi) is 5.05. The minimum atomic E-state index is 0.140. The lowest BCUT2D eigenvalue weighted by atomic mass is 10.1. The highest BCUT2D eigenvalue weighted by atomic mass is 16.5. The van der Waals surface area contributed by atoms with Crippen LogP contribution in [0.1, 0.15) is 24.4 Å². The van der Waals surface area contributed by atoms with Crippen LogP contribution in [0.5, 0.6) is 0 Å². The molecule has 1 atom stereocenters. The quantitative estimate of drug-likeness (QED) is 0.905. The minimum absolute atomic E-state index is 0.140. The summed E-state index contributed by atoms with van der Waals surface area (Å²) in [6.07, 6.45) is 0. The molecule has 6 nitrogen and oxygen atoms in total. The SMILES string of the molecule is Cc1ccc(-c2noc(C(C)N3CCN(CCN)CC3)n2)cc1. The standard InChI is InChI=1S/C17H25N5O/c1-13-3-5-15(6-4-13)16-19-17(23-20-16)14(2)22-11-9-21(8-7-18)10-12-22/h3-6,14H,7-12,18H2,1-2H3. The number of nitrogens with two attached hydrogens (primary N) is 1. The second kappa shape index (κ2) is 7.21. The van der Waals surface area contributed by atoms with Crippen LogP contribution in [0.3, 0.4) is 0 Å². The summed E-state index contributed by atoms with van der Waals surface area (Å²) in [5, 5.41) is 4.14. The number of rotatable bonds is 5. The van der Waals surface area contributed by atoms with E-state index in [0.717, 1.165) is 44.8 Å². The second-order valence-corrected chi connectivity index (χ2v) is 6.16. The number of benzene rings is 1. The maximum absolute atomic E-state index is 5.62. The van der Waals surface area contributed by atoms with Crippen LogP contribution in [-0.2, 0) is 0 Å². The van der Waals surface area contributed by atoms with Crippen LogP contribution in [0, 0.1) is 6.92 Å². The Morgan fingerprint density at radius 2 is 1.87 bits per heavy atom. The van der Waals surface area contributed by atoms with E-state index < -0.39 is 0 Å². The first-order chi connectivity index (χ1) is 11.2. The van der Waals surface area contributed by atoms with Crippen LogP contribution in [0.4, 0.5) is 0 Å². The fraction of sp³-hybridized carbons (Fsp3) is 0.529. The van der Waals surface area contributed by atoms with Gasteiger partial charge in [0, 0.05) is 44.8 Å². The highest BCUT2D eigenvalue weighted by Crippen LogP contribution is 2.23. The molecule has 6 heteroatoms. The van der Waals surface area contributed by atoms with Crippen molar-refractivity contribution in [2.45, 2.75) is 19.9 Å². The predicted octanol–water partition coefficient (Wildman–Crippen LogP) is 1.68. The van der Waals surface area contributed by atoms with E-state index in [4.69, 9.17) is 10.3 Å².